The van der Waals surface area contributed by atoms with Gasteiger partial charge in [0, 0.05) is 22.5 Å². The number of hydrogen-bond acceptors (Lipinski definition) is 3. The Morgan fingerprint density at radius 2 is 2.16 bits per heavy atom. The minimum absolute atomic E-state index is 0.0681. The van der Waals surface area contributed by atoms with Crippen LogP contribution in [0.4, 0.5) is 0 Å². The summed E-state index contributed by atoms with van der Waals surface area (Å²) >= 11 is 7.60. The minimum Gasteiger partial charge on any atom is -0.352 e. The number of likely N-dealkylation sites (N-methyl/N-ethyl adjacent to an activating group) is 1. The van der Waals surface area contributed by atoms with Gasteiger partial charge in [0.05, 0.1) is 12.1 Å². The zero-order valence-electron chi connectivity index (χ0n) is 10.5. The second-order valence-corrected chi connectivity index (χ2v) is 6.06. The lowest BCUT2D eigenvalue weighted by Crippen LogP contribution is -2.39. The summed E-state index contributed by atoms with van der Waals surface area (Å²) in [6, 6.07) is 5.55. The van der Waals surface area contributed by atoms with Gasteiger partial charge in [-0.15, -0.1) is 12.6 Å². The van der Waals surface area contributed by atoms with E-state index < -0.39 is 0 Å². The van der Waals surface area contributed by atoms with Gasteiger partial charge in [0.15, 0.2) is 0 Å². The van der Waals surface area contributed by atoms with Crippen molar-refractivity contribution in [3.05, 3.63) is 28.2 Å². The first-order valence-electron chi connectivity index (χ1n) is 6.00. The number of amides is 2. The Kier molecular flexibility index (Phi) is 4.52. The van der Waals surface area contributed by atoms with E-state index in [1.807, 2.05) is 0 Å². The van der Waals surface area contributed by atoms with Gasteiger partial charge in [0.25, 0.3) is 5.91 Å². The van der Waals surface area contributed by atoms with E-state index in [4.69, 9.17) is 0 Å². The summed E-state index contributed by atoms with van der Waals surface area (Å²) in [4.78, 5) is 25.8. The van der Waals surface area contributed by atoms with Crippen molar-refractivity contribution in [3.63, 3.8) is 0 Å². The molecule has 1 saturated carbocycles. The fourth-order valence-electron chi connectivity index (χ4n) is 1.68. The predicted octanol–water partition coefficient (Wildman–Crippen LogP) is 2.09. The SMILES string of the molecule is CN(CC(=O)NC1CC1)C(=O)c1ccc(Br)cc1S. The average molecular weight is 343 g/mol. The molecule has 1 aromatic carbocycles. The molecule has 102 valence electrons. The molecular formula is C13H15BrN2O2S. The number of halogens is 1. The average Bonchev–Trinajstić information content (AvgIpc) is 3.11. The summed E-state index contributed by atoms with van der Waals surface area (Å²) in [7, 11) is 1.62. The summed E-state index contributed by atoms with van der Waals surface area (Å²) in [5, 5.41) is 2.86. The molecule has 1 aliphatic carbocycles. The third-order valence-corrected chi connectivity index (χ3v) is 3.72. The fourth-order valence-corrected chi connectivity index (χ4v) is 2.53. The standard InChI is InChI=1S/C13H15BrN2O2S/c1-16(7-12(17)15-9-3-4-9)13(18)10-5-2-8(14)6-11(10)19/h2,5-6,9,19H,3-4,7H2,1H3,(H,15,17). The number of rotatable bonds is 4. The van der Waals surface area contributed by atoms with E-state index >= 15 is 0 Å². The summed E-state index contributed by atoms with van der Waals surface area (Å²) in [5.74, 6) is -0.320. The maximum Gasteiger partial charge on any atom is 0.255 e. The van der Waals surface area contributed by atoms with E-state index in [9.17, 15) is 9.59 Å². The molecule has 0 atom stereocenters. The van der Waals surface area contributed by atoms with Gasteiger partial charge in [0.1, 0.15) is 0 Å². The highest BCUT2D eigenvalue weighted by atomic mass is 79.9. The Hall–Kier alpha value is -1.01. The molecule has 0 spiro atoms. The maximum atomic E-state index is 12.2. The molecule has 1 fully saturated rings. The Morgan fingerprint density at radius 1 is 1.47 bits per heavy atom. The number of thiol groups is 1. The lowest BCUT2D eigenvalue weighted by atomic mass is 10.2. The van der Waals surface area contributed by atoms with Crippen molar-refractivity contribution in [2.75, 3.05) is 13.6 Å². The second-order valence-electron chi connectivity index (χ2n) is 4.66. The fraction of sp³-hybridized carbons (Fsp3) is 0.385. The van der Waals surface area contributed by atoms with Crippen LogP contribution in [0, 0.1) is 0 Å². The lowest BCUT2D eigenvalue weighted by Gasteiger charge is -2.17. The number of nitrogens with zero attached hydrogens (tertiary/aromatic N) is 1. The van der Waals surface area contributed by atoms with Crippen LogP contribution < -0.4 is 5.32 Å². The first-order valence-corrected chi connectivity index (χ1v) is 7.24. The number of carbonyl (C=O) groups is 2. The van der Waals surface area contributed by atoms with Gasteiger partial charge in [-0.1, -0.05) is 15.9 Å². The monoisotopic (exact) mass is 342 g/mol. The van der Waals surface area contributed by atoms with Gasteiger partial charge >= 0.3 is 0 Å². The third-order valence-electron chi connectivity index (χ3n) is 2.86. The van der Waals surface area contributed by atoms with Crippen molar-refractivity contribution < 1.29 is 9.59 Å². The molecular weight excluding hydrogens is 328 g/mol. The van der Waals surface area contributed by atoms with Crippen molar-refractivity contribution in [3.8, 4) is 0 Å². The highest BCUT2D eigenvalue weighted by Gasteiger charge is 2.24. The Balaban J connectivity index is 1.99. The summed E-state index contributed by atoms with van der Waals surface area (Å²) in [6.07, 6.45) is 2.08. The van der Waals surface area contributed by atoms with E-state index in [1.165, 1.54) is 4.90 Å². The molecule has 0 saturated heterocycles. The van der Waals surface area contributed by atoms with Gasteiger partial charge in [-0.3, -0.25) is 9.59 Å². The third kappa shape index (κ3) is 3.98. The van der Waals surface area contributed by atoms with E-state index in [0.29, 0.717) is 16.5 Å². The molecule has 1 aromatic rings. The lowest BCUT2D eigenvalue weighted by molar-refractivity contribution is -0.121. The molecule has 2 rings (SSSR count). The quantitative estimate of drug-likeness (QED) is 0.823. The van der Waals surface area contributed by atoms with E-state index in [2.05, 4.69) is 33.9 Å². The van der Waals surface area contributed by atoms with E-state index in [0.717, 1.165) is 17.3 Å². The van der Waals surface area contributed by atoms with Crippen molar-refractivity contribution >= 4 is 40.4 Å². The molecule has 0 aromatic heterocycles. The van der Waals surface area contributed by atoms with Crippen LogP contribution in [0.5, 0.6) is 0 Å². The van der Waals surface area contributed by atoms with Crippen LogP contribution >= 0.6 is 28.6 Å². The molecule has 19 heavy (non-hydrogen) atoms. The highest BCUT2D eigenvalue weighted by Crippen LogP contribution is 2.21. The molecule has 6 heteroatoms. The number of carbonyl (C=O) groups excluding carboxylic acids is 2. The van der Waals surface area contributed by atoms with Crippen molar-refractivity contribution in [1.82, 2.24) is 10.2 Å². The van der Waals surface area contributed by atoms with E-state index in [-0.39, 0.29) is 18.4 Å². The molecule has 0 aliphatic heterocycles. The summed E-state index contributed by atoms with van der Waals surface area (Å²) in [5.41, 5.74) is 0.494. The summed E-state index contributed by atoms with van der Waals surface area (Å²) in [6.45, 7) is 0.0681. The molecule has 4 nitrogen and oxygen atoms in total. The first-order chi connectivity index (χ1) is 8.97. The van der Waals surface area contributed by atoms with Crippen molar-refractivity contribution in [1.29, 1.82) is 0 Å². The first kappa shape index (κ1) is 14.4. The topological polar surface area (TPSA) is 49.4 Å². The smallest absolute Gasteiger partial charge is 0.255 e. The van der Waals surface area contributed by atoms with Crippen LogP contribution in [-0.4, -0.2) is 36.3 Å². The van der Waals surface area contributed by atoms with Crippen molar-refractivity contribution in [2.24, 2.45) is 0 Å². The molecule has 0 bridgehead atoms. The zero-order valence-corrected chi connectivity index (χ0v) is 13.0. The van der Waals surface area contributed by atoms with Gasteiger partial charge in [-0.05, 0) is 31.0 Å². The molecule has 1 N–H and O–H groups in total. The number of hydrogen-bond donors (Lipinski definition) is 2. The summed E-state index contributed by atoms with van der Waals surface area (Å²) < 4.78 is 0.864. The van der Waals surface area contributed by atoms with Gasteiger partial charge in [-0.25, -0.2) is 0 Å². The Morgan fingerprint density at radius 3 is 2.74 bits per heavy atom. The molecule has 2 amide bonds. The predicted molar refractivity (Wildman–Crippen MR) is 79.5 cm³/mol. The number of nitrogens with one attached hydrogen (secondary N) is 1. The van der Waals surface area contributed by atoms with Crippen LogP contribution in [0.3, 0.4) is 0 Å². The van der Waals surface area contributed by atoms with Crippen LogP contribution in [0.1, 0.15) is 23.2 Å². The number of benzene rings is 1. The van der Waals surface area contributed by atoms with Gasteiger partial charge < -0.3 is 10.2 Å². The van der Waals surface area contributed by atoms with Crippen molar-refractivity contribution in [2.45, 2.75) is 23.8 Å². The van der Waals surface area contributed by atoms with Crippen LogP contribution in [-0.2, 0) is 4.79 Å². The molecule has 0 unspecified atom stereocenters. The molecule has 0 heterocycles. The van der Waals surface area contributed by atoms with Crippen LogP contribution in [0.2, 0.25) is 0 Å². The zero-order chi connectivity index (χ0) is 14.0. The van der Waals surface area contributed by atoms with E-state index in [1.54, 1.807) is 25.2 Å². The maximum absolute atomic E-state index is 12.2. The largest absolute Gasteiger partial charge is 0.352 e. The van der Waals surface area contributed by atoms with Crippen LogP contribution in [0.15, 0.2) is 27.6 Å². The molecule has 0 radical (unpaired) electrons. The normalized spacial score (nSPS) is 14.1. The second kappa shape index (κ2) is 5.96. The Bertz CT molecular complexity index is 517. The van der Waals surface area contributed by atoms with Gasteiger partial charge in [-0.2, -0.15) is 0 Å². The van der Waals surface area contributed by atoms with Gasteiger partial charge in [0.2, 0.25) is 5.91 Å². The Labute approximate surface area is 126 Å². The highest BCUT2D eigenvalue weighted by molar-refractivity contribution is 9.10. The molecule has 1 aliphatic rings. The minimum atomic E-state index is -0.205. The van der Waals surface area contributed by atoms with Crippen LogP contribution in [0.25, 0.3) is 0 Å².